The highest BCUT2D eigenvalue weighted by molar-refractivity contribution is 7.91. The standard InChI is InChI=1S/C24H30N4O4S2/c1-4-34(30,31)19-7-5-6-18(16-19)23(29)25-10-11-27-12-14-28(15-13-27)24-26-21-20(32-3)9-8-17(2)22(21)33-24/h5-9,16H,4,10-15H2,1-3H3,(H,25,29). The first-order valence-corrected chi connectivity index (χ1v) is 13.8. The molecule has 1 aliphatic heterocycles. The summed E-state index contributed by atoms with van der Waals surface area (Å²) >= 11 is 1.70. The highest BCUT2D eigenvalue weighted by Gasteiger charge is 2.21. The second-order valence-corrected chi connectivity index (χ2v) is 11.5. The lowest BCUT2D eigenvalue weighted by Gasteiger charge is -2.34. The van der Waals surface area contributed by atoms with Crippen LogP contribution in [0.5, 0.6) is 5.75 Å². The van der Waals surface area contributed by atoms with Crippen LogP contribution in [0.25, 0.3) is 10.2 Å². The Morgan fingerprint density at radius 1 is 1.18 bits per heavy atom. The lowest BCUT2D eigenvalue weighted by molar-refractivity contribution is 0.0947. The molecule has 1 saturated heterocycles. The maximum absolute atomic E-state index is 12.5. The number of benzene rings is 2. The number of fused-ring (bicyclic) bond motifs is 1. The van der Waals surface area contributed by atoms with Crippen LogP contribution in [-0.2, 0) is 9.84 Å². The van der Waals surface area contributed by atoms with E-state index in [4.69, 9.17) is 9.72 Å². The van der Waals surface area contributed by atoms with Crippen LogP contribution in [0.2, 0.25) is 0 Å². The zero-order valence-electron chi connectivity index (χ0n) is 19.7. The van der Waals surface area contributed by atoms with E-state index in [0.717, 1.165) is 53.8 Å². The minimum Gasteiger partial charge on any atom is -0.494 e. The van der Waals surface area contributed by atoms with E-state index in [1.54, 1.807) is 37.5 Å². The number of sulfone groups is 1. The number of nitrogens with zero attached hydrogens (tertiary/aromatic N) is 3. The highest BCUT2D eigenvalue weighted by Crippen LogP contribution is 2.36. The number of methoxy groups -OCH3 is 1. The van der Waals surface area contributed by atoms with E-state index in [1.807, 2.05) is 6.07 Å². The summed E-state index contributed by atoms with van der Waals surface area (Å²) in [5.74, 6) is 0.551. The fourth-order valence-electron chi connectivity index (χ4n) is 3.99. The molecule has 1 aromatic heterocycles. The van der Waals surface area contributed by atoms with Gasteiger partial charge in [0.2, 0.25) is 0 Å². The average molecular weight is 503 g/mol. The second-order valence-electron chi connectivity index (χ2n) is 8.27. The van der Waals surface area contributed by atoms with E-state index in [0.29, 0.717) is 12.1 Å². The van der Waals surface area contributed by atoms with Crippen LogP contribution in [0.3, 0.4) is 0 Å². The van der Waals surface area contributed by atoms with E-state index in [-0.39, 0.29) is 16.6 Å². The molecule has 1 aliphatic rings. The fraction of sp³-hybridized carbons (Fsp3) is 0.417. The van der Waals surface area contributed by atoms with Crippen LogP contribution < -0.4 is 15.0 Å². The number of hydrogen-bond donors (Lipinski definition) is 1. The van der Waals surface area contributed by atoms with Gasteiger partial charge >= 0.3 is 0 Å². The lowest BCUT2D eigenvalue weighted by atomic mass is 10.2. The first-order valence-electron chi connectivity index (χ1n) is 11.3. The monoisotopic (exact) mass is 502 g/mol. The summed E-state index contributed by atoms with van der Waals surface area (Å²) in [5, 5.41) is 3.92. The van der Waals surface area contributed by atoms with Gasteiger partial charge in [-0.15, -0.1) is 0 Å². The molecule has 0 radical (unpaired) electrons. The predicted molar refractivity (Wildman–Crippen MR) is 136 cm³/mol. The molecule has 182 valence electrons. The summed E-state index contributed by atoms with van der Waals surface area (Å²) in [5.41, 5.74) is 2.48. The Hall–Kier alpha value is -2.69. The van der Waals surface area contributed by atoms with Crippen LogP contribution >= 0.6 is 11.3 Å². The number of thiazole rings is 1. The molecule has 0 spiro atoms. The van der Waals surface area contributed by atoms with Gasteiger partial charge < -0.3 is 15.0 Å². The maximum atomic E-state index is 12.5. The van der Waals surface area contributed by atoms with Crippen molar-refractivity contribution < 1.29 is 17.9 Å². The molecule has 4 rings (SSSR count). The van der Waals surface area contributed by atoms with Crippen molar-refractivity contribution in [2.45, 2.75) is 18.7 Å². The Balaban J connectivity index is 1.29. The topological polar surface area (TPSA) is 91.8 Å². The number of hydrogen-bond acceptors (Lipinski definition) is 8. The van der Waals surface area contributed by atoms with Gasteiger partial charge in [0.25, 0.3) is 5.91 Å². The van der Waals surface area contributed by atoms with Gasteiger partial charge in [-0.25, -0.2) is 13.4 Å². The Morgan fingerprint density at radius 2 is 1.94 bits per heavy atom. The van der Waals surface area contributed by atoms with Gasteiger partial charge in [-0.2, -0.15) is 0 Å². The van der Waals surface area contributed by atoms with Gasteiger partial charge in [0, 0.05) is 44.8 Å². The number of piperazine rings is 1. The van der Waals surface area contributed by atoms with Crippen molar-refractivity contribution in [3.05, 3.63) is 47.5 Å². The third kappa shape index (κ3) is 5.18. The van der Waals surface area contributed by atoms with Crippen molar-refractivity contribution >= 4 is 42.4 Å². The molecule has 0 saturated carbocycles. The van der Waals surface area contributed by atoms with Crippen LogP contribution in [0.15, 0.2) is 41.3 Å². The minimum atomic E-state index is -3.34. The quantitative estimate of drug-likeness (QED) is 0.506. The van der Waals surface area contributed by atoms with Gasteiger partial charge in [0.15, 0.2) is 15.0 Å². The number of carbonyl (C=O) groups excluding carboxylic acids is 1. The van der Waals surface area contributed by atoms with Crippen LogP contribution in [0.1, 0.15) is 22.8 Å². The molecule has 1 N–H and O–H groups in total. The number of carbonyl (C=O) groups is 1. The Bertz CT molecular complexity index is 1280. The zero-order chi connectivity index (χ0) is 24.3. The second kappa shape index (κ2) is 10.3. The molecule has 2 aromatic carbocycles. The molecule has 8 nitrogen and oxygen atoms in total. The first kappa shape index (κ1) is 24.4. The van der Waals surface area contributed by atoms with Gasteiger partial charge in [0.1, 0.15) is 11.3 Å². The summed E-state index contributed by atoms with van der Waals surface area (Å²) in [7, 11) is -1.67. The minimum absolute atomic E-state index is 0.00815. The summed E-state index contributed by atoms with van der Waals surface area (Å²) in [6.07, 6.45) is 0. The largest absolute Gasteiger partial charge is 0.494 e. The van der Waals surface area contributed by atoms with Crippen molar-refractivity contribution in [1.29, 1.82) is 0 Å². The van der Waals surface area contributed by atoms with E-state index in [2.05, 4.69) is 28.1 Å². The lowest BCUT2D eigenvalue weighted by Crippen LogP contribution is -2.48. The number of rotatable bonds is 8. The van der Waals surface area contributed by atoms with Crippen molar-refractivity contribution in [3.8, 4) is 5.75 Å². The number of nitrogens with one attached hydrogen (secondary N) is 1. The van der Waals surface area contributed by atoms with Crippen LogP contribution in [-0.4, -0.2) is 76.3 Å². The summed E-state index contributed by atoms with van der Waals surface area (Å²) in [6.45, 7) is 8.42. The molecule has 0 unspecified atom stereocenters. The van der Waals surface area contributed by atoms with Crippen molar-refractivity contribution in [3.63, 3.8) is 0 Å². The van der Waals surface area contributed by atoms with Crippen molar-refractivity contribution in [1.82, 2.24) is 15.2 Å². The highest BCUT2D eigenvalue weighted by atomic mass is 32.2. The van der Waals surface area contributed by atoms with Crippen molar-refractivity contribution in [2.75, 3.05) is 57.0 Å². The molecular formula is C24H30N4O4S2. The smallest absolute Gasteiger partial charge is 0.251 e. The van der Waals surface area contributed by atoms with E-state index in [9.17, 15) is 13.2 Å². The van der Waals surface area contributed by atoms with Gasteiger partial charge in [0.05, 0.1) is 22.5 Å². The number of amides is 1. The van der Waals surface area contributed by atoms with E-state index < -0.39 is 9.84 Å². The van der Waals surface area contributed by atoms with Crippen LogP contribution in [0, 0.1) is 6.92 Å². The zero-order valence-corrected chi connectivity index (χ0v) is 21.3. The van der Waals surface area contributed by atoms with Gasteiger partial charge in [-0.1, -0.05) is 30.4 Å². The molecule has 0 aliphatic carbocycles. The van der Waals surface area contributed by atoms with E-state index >= 15 is 0 Å². The van der Waals surface area contributed by atoms with Gasteiger partial charge in [-0.05, 0) is 36.8 Å². The van der Waals surface area contributed by atoms with Crippen molar-refractivity contribution in [2.24, 2.45) is 0 Å². The Kier molecular flexibility index (Phi) is 7.39. The molecule has 34 heavy (non-hydrogen) atoms. The molecule has 3 aromatic rings. The number of aromatic nitrogens is 1. The average Bonchev–Trinajstić information content (AvgIpc) is 3.31. The summed E-state index contributed by atoms with van der Waals surface area (Å²) in [6, 6.07) is 10.2. The predicted octanol–water partition coefficient (Wildman–Crippen LogP) is 2.96. The molecule has 1 fully saturated rings. The molecule has 10 heteroatoms. The number of anilines is 1. The first-order chi connectivity index (χ1) is 16.3. The molecule has 0 bridgehead atoms. The molecule has 0 atom stereocenters. The van der Waals surface area contributed by atoms with Gasteiger partial charge in [-0.3, -0.25) is 9.69 Å². The normalized spacial score (nSPS) is 15.0. The maximum Gasteiger partial charge on any atom is 0.251 e. The van der Waals surface area contributed by atoms with Crippen LogP contribution in [0.4, 0.5) is 5.13 Å². The summed E-state index contributed by atoms with van der Waals surface area (Å²) < 4.78 is 30.8. The SMILES string of the molecule is CCS(=O)(=O)c1cccc(C(=O)NCCN2CCN(c3nc4c(OC)ccc(C)c4s3)CC2)c1. The third-order valence-corrected chi connectivity index (χ3v) is 9.09. The Morgan fingerprint density at radius 3 is 2.65 bits per heavy atom. The Labute approximate surface area is 204 Å². The number of aryl methyl sites for hydroxylation is 1. The summed E-state index contributed by atoms with van der Waals surface area (Å²) in [4.78, 5) is 22.1. The fourth-order valence-corrected chi connectivity index (χ4v) is 6.02. The third-order valence-electron chi connectivity index (χ3n) is 6.10. The molecule has 2 heterocycles. The molecule has 1 amide bonds. The molecular weight excluding hydrogens is 472 g/mol. The number of ether oxygens (including phenoxy) is 1. The van der Waals surface area contributed by atoms with E-state index in [1.165, 1.54) is 17.7 Å².